The lowest BCUT2D eigenvalue weighted by atomic mass is 10.0. The predicted octanol–water partition coefficient (Wildman–Crippen LogP) is 2.48. The summed E-state index contributed by atoms with van der Waals surface area (Å²) in [6.45, 7) is 6.95. The average Bonchev–Trinajstić information content (AvgIpc) is 3.43. The van der Waals surface area contributed by atoms with Crippen molar-refractivity contribution in [3.63, 3.8) is 0 Å². The number of rotatable bonds is 9. The van der Waals surface area contributed by atoms with Gasteiger partial charge in [-0.2, -0.15) is 0 Å². The highest BCUT2D eigenvalue weighted by Gasteiger charge is 2.33. The van der Waals surface area contributed by atoms with Crippen LogP contribution in [0, 0.1) is 18.8 Å². The fraction of sp³-hybridized carbons (Fsp3) is 0.600. The third-order valence-corrected chi connectivity index (χ3v) is 4.68. The van der Waals surface area contributed by atoms with Gasteiger partial charge in [-0.25, -0.2) is 4.79 Å². The second kappa shape index (κ2) is 11.1. The first-order valence-corrected chi connectivity index (χ1v) is 9.49. The molecule has 1 saturated carbocycles. The highest BCUT2D eigenvalue weighted by Crippen LogP contribution is 2.32. The van der Waals surface area contributed by atoms with E-state index in [1.54, 1.807) is 0 Å². The standard InChI is InChI=1S/C20H32N4O2.ClH/c1-13(2)10-17(19(25)23-18(11-21)16-8-9-16)24-20(26)22-12-15-6-4-14(3)5-7-15;/h4-7,13,16-18H,8-12,21H2,1-3H3,(H,23,25)(H2,22,24,26);1H. The zero-order chi connectivity index (χ0) is 19.1. The fourth-order valence-electron chi connectivity index (χ4n) is 2.95. The van der Waals surface area contributed by atoms with Gasteiger partial charge in [0.2, 0.25) is 5.91 Å². The number of halogens is 1. The summed E-state index contributed by atoms with van der Waals surface area (Å²) in [5.74, 6) is 0.631. The maximum Gasteiger partial charge on any atom is 0.315 e. The number of aryl methyl sites for hydroxylation is 1. The summed E-state index contributed by atoms with van der Waals surface area (Å²) < 4.78 is 0. The molecular formula is C20H33ClN4O2. The van der Waals surface area contributed by atoms with Crippen molar-refractivity contribution in [2.75, 3.05) is 6.54 Å². The molecule has 5 N–H and O–H groups in total. The molecule has 2 rings (SSSR count). The SMILES string of the molecule is Cc1ccc(CNC(=O)NC(CC(C)C)C(=O)NC(CN)C2CC2)cc1.Cl. The summed E-state index contributed by atoms with van der Waals surface area (Å²) in [6, 6.07) is 7.10. The Hall–Kier alpha value is -1.79. The molecule has 1 fully saturated rings. The number of carbonyl (C=O) groups excluding carboxylic acids is 2. The first-order valence-electron chi connectivity index (χ1n) is 9.49. The quantitative estimate of drug-likeness (QED) is 0.516. The van der Waals surface area contributed by atoms with E-state index in [9.17, 15) is 9.59 Å². The van der Waals surface area contributed by atoms with Gasteiger partial charge in [-0.05, 0) is 43.6 Å². The molecular weight excluding hydrogens is 364 g/mol. The normalized spacial score (nSPS) is 15.4. The molecule has 0 heterocycles. The summed E-state index contributed by atoms with van der Waals surface area (Å²) in [5, 5.41) is 8.65. The summed E-state index contributed by atoms with van der Waals surface area (Å²) in [7, 11) is 0. The second-order valence-corrected chi connectivity index (χ2v) is 7.68. The third kappa shape index (κ3) is 8.18. The largest absolute Gasteiger partial charge is 0.350 e. The van der Waals surface area contributed by atoms with Gasteiger partial charge in [0.05, 0.1) is 0 Å². The Morgan fingerprint density at radius 3 is 2.30 bits per heavy atom. The lowest BCUT2D eigenvalue weighted by Crippen LogP contribution is -2.54. The minimum atomic E-state index is -0.555. The molecule has 1 aliphatic rings. The van der Waals surface area contributed by atoms with Gasteiger partial charge >= 0.3 is 6.03 Å². The van der Waals surface area contributed by atoms with E-state index in [0.717, 1.165) is 18.4 Å². The van der Waals surface area contributed by atoms with Gasteiger partial charge in [0.15, 0.2) is 0 Å². The van der Waals surface area contributed by atoms with Gasteiger partial charge in [-0.15, -0.1) is 12.4 Å². The Kier molecular flexibility index (Phi) is 9.60. The molecule has 2 atom stereocenters. The van der Waals surface area contributed by atoms with Gasteiger partial charge in [-0.3, -0.25) is 4.79 Å². The molecule has 7 heteroatoms. The van der Waals surface area contributed by atoms with Crippen LogP contribution in [-0.2, 0) is 11.3 Å². The number of hydrogen-bond donors (Lipinski definition) is 4. The first kappa shape index (κ1) is 23.2. The van der Waals surface area contributed by atoms with E-state index in [1.165, 1.54) is 5.56 Å². The van der Waals surface area contributed by atoms with Crippen molar-refractivity contribution < 1.29 is 9.59 Å². The molecule has 1 aromatic rings. The number of urea groups is 1. The van der Waals surface area contributed by atoms with Crippen LogP contribution < -0.4 is 21.7 Å². The van der Waals surface area contributed by atoms with Crippen LogP contribution in [0.3, 0.4) is 0 Å². The summed E-state index contributed by atoms with van der Waals surface area (Å²) in [5.41, 5.74) is 7.97. The van der Waals surface area contributed by atoms with Crippen molar-refractivity contribution in [3.05, 3.63) is 35.4 Å². The van der Waals surface area contributed by atoms with Crippen molar-refractivity contribution in [3.8, 4) is 0 Å². The molecule has 2 unspecified atom stereocenters. The molecule has 0 radical (unpaired) electrons. The number of hydrogen-bond acceptors (Lipinski definition) is 3. The molecule has 0 saturated heterocycles. The van der Waals surface area contributed by atoms with Crippen molar-refractivity contribution in [2.24, 2.45) is 17.6 Å². The number of nitrogens with one attached hydrogen (secondary N) is 3. The molecule has 6 nitrogen and oxygen atoms in total. The van der Waals surface area contributed by atoms with Gasteiger partial charge < -0.3 is 21.7 Å². The molecule has 0 spiro atoms. The average molecular weight is 397 g/mol. The monoisotopic (exact) mass is 396 g/mol. The molecule has 3 amide bonds. The van der Waals surface area contributed by atoms with Crippen LogP contribution in [0.2, 0.25) is 0 Å². The third-order valence-electron chi connectivity index (χ3n) is 4.68. The van der Waals surface area contributed by atoms with Crippen LogP contribution in [-0.4, -0.2) is 30.6 Å². The highest BCUT2D eigenvalue weighted by molar-refractivity contribution is 5.87. The van der Waals surface area contributed by atoms with Crippen molar-refractivity contribution in [1.82, 2.24) is 16.0 Å². The summed E-state index contributed by atoms with van der Waals surface area (Å²) in [4.78, 5) is 24.9. The Morgan fingerprint density at radius 1 is 1.15 bits per heavy atom. The smallest absolute Gasteiger partial charge is 0.315 e. The van der Waals surface area contributed by atoms with E-state index >= 15 is 0 Å². The van der Waals surface area contributed by atoms with Crippen molar-refractivity contribution >= 4 is 24.3 Å². The van der Waals surface area contributed by atoms with E-state index in [2.05, 4.69) is 16.0 Å². The van der Waals surface area contributed by atoms with Crippen molar-refractivity contribution in [1.29, 1.82) is 0 Å². The Morgan fingerprint density at radius 2 is 1.78 bits per heavy atom. The second-order valence-electron chi connectivity index (χ2n) is 7.68. The lowest BCUT2D eigenvalue weighted by molar-refractivity contribution is -0.124. The number of carbonyl (C=O) groups is 2. The summed E-state index contributed by atoms with van der Waals surface area (Å²) in [6.07, 6.45) is 2.81. The Labute approximate surface area is 168 Å². The number of amides is 3. The lowest BCUT2D eigenvalue weighted by Gasteiger charge is -2.24. The molecule has 1 aliphatic carbocycles. The fourth-order valence-corrected chi connectivity index (χ4v) is 2.95. The van der Waals surface area contributed by atoms with Crippen LogP contribution in [0.25, 0.3) is 0 Å². The maximum absolute atomic E-state index is 12.6. The number of nitrogens with two attached hydrogens (primary N) is 1. The topological polar surface area (TPSA) is 96.2 Å². The molecule has 0 aliphatic heterocycles. The zero-order valence-corrected chi connectivity index (χ0v) is 17.3. The first-order chi connectivity index (χ1) is 12.4. The molecule has 0 aromatic heterocycles. The van der Waals surface area contributed by atoms with Gasteiger partial charge in [-0.1, -0.05) is 43.7 Å². The number of benzene rings is 1. The minimum Gasteiger partial charge on any atom is -0.350 e. The highest BCUT2D eigenvalue weighted by atomic mass is 35.5. The molecule has 27 heavy (non-hydrogen) atoms. The van der Waals surface area contributed by atoms with Crippen LogP contribution in [0.4, 0.5) is 4.79 Å². The van der Waals surface area contributed by atoms with Gasteiger partial charge in [0, 0.05) is 19.1 Å². The molecule has 0 bridgehead atoms. The molecule has 152 valence electrons. The van der Waals surface area contributed by atoms with E-state index in [0.29, 0.717) is 31.3 Å². The zero-order valence-electron chi connectivity index (χ0n) is 16.5. The summed E-state index contributed by atoms with van der Waals surface area (Å²) >= 11 is 0. The van der Waals surface area contributed by atoms with Gasteiger partial charge in [0.1, 0.15) is 6.04 Å². The van der Waals surface area contributed by atoms with Gasteiger partial charge in [0.25, 0.3) is 0 Å². The minimum absolute atomic E-state index is 0. The van der Waals surface area contributed by atoms with E-state index < -0.39 is 6.04 Å². The van der Waals surface area contributed by atoms with Crippen LogP contribution in [0.15, 0.2) is 24.3 Å². The van der Waals surface area contributed by atoms with Crippen molar-refractivity contribution in [2.45, 2.75) is 58.7 Å². The van der Waals surface area contributed by atoms with Crippen LogP contribution in [0.1, 0.15) is 44.2 Å². The molecule has 1 aromatic carbocycles. The maximum atomic E-state index is 12.6. The Balaban J connectivity index is 0.00000364. The van der Waals surface area contributed by atoms with Crippen LogP contribution >= 0.6 is 12.4 Å². The van der Waals surface area contributed by atoms with E-state index in [4.69, 9.17) is 5.73 Å². The van der Waals surface area contributed by atoms with E-state index in [-0.39, 0.29) is 30.4 Å². The Bertz CT molecular complexity index is 603. The predicted molar refractivity (Wildman–Crippen MR) is 111 cm³/mol. The van der Waals surface area contributed by atoms with E-state index in [1.807, 2.05) is 45.0 Å². The van der Waals surface area contributed by atoms with Crippen LogP contribution in [0.5, 0.6) is 0 Å².